The number of likely N-dealkylation sites (N-methyl/N-ethyl adjacent to an activating group) is 1. The second-order valence-corrected chi connectivity index (χ2v) is 5.93. The number of methoxy groups -OCH3 is 1. The Balaban J connectivity index is 2.20. The molecule has 112 valence electrons. The predicted molar refractivity (Wildman–Crippen MR) is 82.8 cm³/mol. The molecule has 1 heterocycles. The topological polar surface area (TPSA) is 34.2 Å². The highest BCUT2D eigenvalue weighted by Crippen LogP contribution is 2.34. The summed E-state index contributed by atoms with van der Waals surface area (Å²) in [6.45, 7) is 5.21. The number of aromatic nitrogens is 1. The van der Waals surface area contributed by atoms with Crippen LogP contribution >= 0.6 is 0 Å². The Bertz CT molecular complexity index is 402. The van der Waals surface area contributed by atoms with Crippen LogP contribution in [0.2, 0.25) is 0 Å². The van der Waals surface area contributed by atoms with E-state index in [0.29, 0.717) is 5.92 Å². The smallest absolute Gasteiger partial charge is 0.0794 e. The van der Waals surface area contributed by atoms with Crippen molar-refractivity contribution in [2.75, 3.05) is 13.7 Å². The van der Waals surface area contributed by atoms with Crippen LogP contribution in [0.5, 0.6) is 0 Å². The van der Waals surface area contributed by atoms with Gasteiger partial charge in [-0.15, -0.1) is 0 Å². The van der Waals surface area contributed by atoms with Gasteiger partial charge in [0.25, 0.3) is 0 Å². The molecule has 2 atom stereocenters. The Hall–Kier alpha value is -0.930. The van der Waals surface area contributed by atoms with Crippen LogP contribution in [0.15, 0.2) is 18.5 Å². The average Bonchev–Trinajstić information content (AvgIpc) is 2.48. The van der Waals surface area contributed by atoms with E-state index < -0.39 is 0 Å². The third kappa shape index (κ3) is 3.80. The van der Waals surface area contributed by atoms with Crippen LogP contribution in [0.25, 0.3) is 0 Å². The summed E-state index contributed by atoms with van der Waals surface area (Å²) in [5.74, 6) is 0.665. The summed E-state index contributed by atoms with van der Waals surface area (Å²) in [6, 6.07) is 2.48. The van der Waals surface area contributed by atoms with Crippen LogP contribution in [0.3, 0.4) is 0 Å². The third-order valence-corrected chi connectivity index (χ3v) is 4.39. The van der Waals surface area contributed by atoms with Gasteiger partial charge in [0.15, 0.2) is 0 Å². The third-order valence-electron chi connectivity index (χ3n) is 4.39. The molecule has 0 aromatic carbocycles. The molecule has 1 aliphatic carbocycles. The Morgan fingerprint density at radius 3 is 2.65 bits per heavy atom. The van der Waals surface area contributed by atoms with Crippen molar-refractivity contribution in [1.29, 1.82) is 0 Å². The Morgan fingerprint density at radius 2 is 2.05 bits per heavy atom. The summed E-state index contributed by atoms with van der Waals surface area (Å²) in [5.41, 5.74) is 2.47. The summed E-state index contributed by atoms with van der Waals surface area (Å²) in [4.78, 5) is 4.35. The summed E-state index contributed by atoms with van der Waals surface area (Å²) in [7, 11) is 1.85. The SMILES string of the molecule is CCNC(c1cncc(C)c1)C(OC)C1CCCCC1. The molecule has 0 amide bonds. The van der Waals surface area contributed by atoms with Gasteiger partial charge in [0.2, 0.25) is 0 Å². The van der Waals surface area contributed by atoms with Crippen molar-refractivity contribution >= 4 is 0 Å². The molecule has 3 heteroatoms. The first kappa shape index (κ1) is 15.5. The molecular weight excluding hydrogens is 248 g/mol. The van der Waals surface area contributed by atoms with Crippen molar-refractivity contribution in [1.82, 2.24) is 10.3 Å². The number of hydrogen-bond donors (Lipinski definition) is 1. The molecule has 1 aromatic rings. The first-order valence-electron chi connectivity index (χ1n) is 7.94. The van der Waals surface area contributed by atoms with Gasteiger partial charge in [-0.25, -0.2) is 0 Å². The second-order valence-electron chi connectivity index (χ2n) is 5.93. The monoisotopic (exact) mass is 276 g/mol. The Labute approximate surface area is 123 Å². The predicted octanol–water partition coefficient (Wildman–Crippen LogP) is 3.64. The molecule has 1 saturated carbocycles. The van der Waals surface area contributed by atoms with E-state index in [4.69, 9.17) is 4.74 Å². The van der Waals surface area contributed by atoms with Crippen molar-refractivity contribution in [2.45, 2.75) is 58.1 Å². The molecular formula is C17H28N2O. The van der Waals surface area contributed by atoms with Crippen molar-refractivity contribution in [3.8, 4) is 0 Å². The largest absolute Gasteiger partial charge is 0.379 e. The summed E-state index contributed by atoms with van der Waals surface area (Å²) in [6.07, 6.45) is 10.8. The Kier molecular flexibility index (Phi) is 5.99. The fourth-order valence-electron chi connectivity index (χ4n) is 3.46. The van der Waals surface area contributed by atoms with Gasteiger partial charge in [0.05, 0.1) is 12.1 Å². The molecule has 0 aliphatic heterocycles. The highest BCUT2D eigenvalue weighted by molar-refractivity contribution is 5.21. The molecule has 3 nitrogen and oxygen atoms in total. The number of ether oxygens (including phenoxy) is 1. The van der Waals surface area contributed by atoms with Gasteiger partial charge in [-0.3, -0.25) is 4.98 Å². The molecule has 0 bridgehead atoms. The molecule has 20 heavy (non-hydrogen) atoms. The van der Waals surface area contributed by atoms with Gasteiger partial charge in [0, 0.05) is 19.5 Å². The van der Waals surface area contributed by atoms with Crippen LogP contribution in [0.1, 0.15) is 56.2 Å². The van der Waals surface area contributed by atoms with Crippen LogP contribution in [-0.4, -0.2) is 24.7 Å². The zero-order chi connectivity index (χ0) is 14.4. The van der Waals surface area contributed by atoms with Crippen LogP contribution < -0.4 is 5.32 Å². The van der Waals surface area contributed by atoms with Crippen LogP contribution in [-0.2, 0) is 4.74 Å². The van der Waals surface area contributed by atoms with Gasteiger partial charge in [-0.05, 0) is 43.4 Å². The maximum Gasteiger partial charge on any atom is 0.0794 e. The molecule has 0 saturated heterocycles. The minimum Gasteiger partial charge on any atom is -0.379 e. The number of nitrogens with one attached hydrogen (secondary N) is 1. The highest BCUT2D eigenvalue weighted by Gasteiger charge is 2.31. The van der Waals surface area contributed by atoms with Gasteiger partial charge in [-0.2, -0.15) is 0 Å². The summed E-state index contributed by atoms with van der Waals surface area (Å²) in [5, 5.41) is 3.61. The van der Waals surface area contributed by atoms with E-state index in [1.807, 2.05) is 19.5 Å². The molecule has 1 aliphatic rings. The van der Waals surface area contributed by atoms with E-state index in [9.17, 15) is 0 Å². The molecule has 1 aromatic heterocycles. The van der Waals surface area contributed by atoms with Gasteiger partial charge < -0.3 is 10.1 Å². The van der Waals surface area contributed by atoms with Crippen molar-refractivity contribution < 1.29 is 4.74 Å². The van der Waals surface area contributed by atoms with E-state index in [-0.39, 0.29) is 12.1 Å². The van der Waals surface area contributed by atoms with Crippen LogP contribution in [0.4, 0.5) is 0 Å². The molecule has 2 rings (SSSR count). The van der Waals surface area contributed by atoms with E-state index in [1.165, 1.54) is 43.2 Å². The van der Waals surface area contributed by atoms with Crippen molar-refractivity contribution in [2.24, 2.45) is 5.92 Å². The van der Waals surface area contributed by atoms with Gasteiger partial charge in [0.1, 0.15) is 0 Å². The zero-order valence-corrected chi connectivity index (χ0v) is 13.1. The maximum absolute atomic E-state index is 5.91. The standard InChI is InChI=1S/C17H28N2O/c1-4-19-16(15-10-13(2)11-18-12-15)17(20-3)14-8-6-5-7-9-14/h10-12,14,16-17,19H,4-9H2,1-3H3. The quantitative estimate of drug-likeness (QED) is 0.861. The molecule has 2 unspecified atom stereocenters. The summed E-state index contributed by atoms with van der Waals surface area (Å²) >= 11 is 0. The molecule has 0 spiro atoms. The second kappa shape index (κ2) is 7.75. The lowest BCUT2D eigenvalue weighted by atomic mass is 9.81. The highest BCUT2D eigenvalue weighted by atomic mass is 16.5. The van der Waals surface area contributed by atoms with Gasteiger partial charge >= 0.3 is 0 Å². The molecule has 1 fully saturated rings. The van der Waals surface area contributed by atoms with Crippen molar-refractivity contribution in [3.63, 3.8) is 0 Å². The minimum absolute atomic E-state index is 0.249. The fraction of sp³-hybridized carbons (Fsp3) is 0.706. The Morgan fingerprint density at radius 1 is 1.30 bits per heavy atom. The normalized spacial score (nSPS) is 19.8. The van der Waals surface area contributed by atoms with E-state index in [0.717, 1.165) is 6.54 Å². The minimum atomic E-state index is 0.249. The fourth-order valence-corrected chi connectivity index (χ4v) is 3.46. The maximum atomic E-state index is 5.91. The molecule has 1 N–H and O–H groups in total. The first-order valence-corrected chi connectivity index (χ1v) is 7.94. The lowest BCUT2D eigenvalue weighted by Gasteiger charge is -2.35. The van der Waals surface area contributed by atoms with E-state index in [1.54, 1.807) is 0 Å². The lowest BCUT2D eigenvalue weighted by Crippen LogP contribution is -2.39. The molecule has 0 radical (unpaired) electrons. The zero-order valence-electron chi connectivity index (χ0n) is 13.1. The van der Waals surface area contributed by atoms with E-state index in [2.05, 4.69) is 30.2 Å². The number of rotatable bonds is 6. The number of pyridine rings is 1. The van der Waals surface area contributed by atoms with Crippen molar-refractivity contribution in [3.05, 3.63) is 29.6 Å². The lowest BCUT2D eigenvalue weighted by molar-refractivity contribution is 0.00783. The van der Waals surface area contributed by atoms with Gasteiger partial charge in [-0.1, -0.05) is 32.3 Å². The first-order chi connectivity index (χ1) is 9.76. The number of hydrogen-bond acceptors (Lipinski definition) is 3. The summed E-state index contributed by atoms with van der Waals surface area (Å²) < 4.78 is 5.91. The van der Waals surface area contributed by atoms with Crippen LogP contribution in [0, 0.1) is 12.8 Å². The number of aryl methyl sites for hydroxylation is 1. The average molecular weight is 276 g/mol. The van der Waals surface area contributed by atoms with E-state index >= 15 is 0 Å². The number of nitrogens with zero attached hydrogens (tertiary/aromatic N) is 1.